The standard InChI is InChI=1S/C39H38ClF3N8O8S/c1-22-32-30(38(59-22)13-16-48(17-14-38)35(55)31-28(52)4-3-15-44-31)34(54)51-36(50(32)21-29(53)45-27-10-7-24(20-26(27)40)39(41,42)43)46-33(47-51)23-5-8-25(9-6-23)60(57,58)49-18-11-37(2,56)12-19-49/h3-10,15,20,22,52,56H,11-14,16-19,21H2,1-2H3,(H,45,53)/t22-/m1/s1. The summed E-state index contributed by atoms with van der Waals surface area (Å²) in [5, 5.41) is 27.3. The van der Waals surface area contributed by atoms with E-state index in [-0.39, 0.29) is 96.1 Å². The molecule has 60 heavy (non-hydrogen) atoms. The van der Waals surface area contributed by atoms with Crippen molar-refractivity contribution in [2.45, 2.75) is 74.5 Å². The number of hydrogen-bond acceptors (Lipinski definition) is 11. The maximum atomic E-state index is 14.6. The van der Waals surface area contributed by atoms with Crippen molar-refractivity contribution >= 4 is 44.9 Å². The lowest BCUT2D eigenvalue weighted by molar-refractivity contribution is -0.137. The summed E-state index contributed by atoms with van der Waals surface area (Å²) in [7, 11) is -3.90. The number of ether oxygens (including phenoxy) is 1. The lowest BCUT2D eigenvalue weighted by atomic mass is 9.85. The Morgan fingerprint density at radius 3 is 2.35 bits per heavy atom. The van der Waals surface area contributed by atoms with Crippen LogP contribution in [0.25, 0.3) is 17.2 Å². The number of halogens is 4. The van der Waals surface area contributed by atoms with Crippen molar-refractivity contribution in [3.63, 3.8) is 0 Å². The van der Waals surface area contributed by atoms with Gasteiger partial charge in [-0.15, -0.1) is 5.10 Å². The highest BCUT2D eigenvalue weighted by atomic mass is 35.5. The topological polar surface area (TPSA) is 202 Å². The van der Waals surface area contributed by atoms with Crippen molar-refractivity contribution in [3.05, 3.63) is 98.7 Å². The molecule has 2 aromatic carbocycles. The Morgan fingerprint density at radius 1 is 1.03 bits per heavy atom. The van der Waals surface area contributed by atoms with Crippen LogP contribution in [0.5, 0.6) is 5.75 Å². The van der Waals surface area contributed by atoms with E-state index in [0.717, 1.165) is 16.6 Å². The average Bonchev–Trinajstić information content (AvgIpc) is 3.77. The van der Waals surface area contributed by atoms with Crippen LogP contribution in [0.4, 0.5) is 18.9 Å². The normalized spacial score (nSPS) is 19.1. The van der Waals surface area contributed by atoms with E-state index in [1.165, 1.54) is 56.4 Å². The molecule has 16 nitrogen and oxygen atoms in total. The van der Waals surface area contributed by atoms with Gasteiger partial charge in [0.2, 0.25) is 21.7 Å². The number of piperidine rings is 2. The zero-order valence-electron chi connectivity index (χ0n) is 32.1. The Labute approximate surface area is 345 Å². The smallest absolute Gasteiger partial charge is 0.416 e. The Kier molecular flexibility index (Phi) is 10.3. The SMILES string of the molecule is C[C@H]1OC2(CCN(C(=O)c3ncccc3O)CC2)c2c1n(CC(=O)Nc1ccc(C(F)(F)F)cc1Cl)c1nc(-c3ccc(S(=O)(=O)N4CCC(C)(O)CC4)cc3)nn1c2=O. The fourth-order valence-electron chi connectivity index (χ4n) is 8.06. The monoisotopic (exact) mass is 870 g/mol. The molecule has 3 N–H and O–H groups in total. The van der Waals surface area contributed by atoms with Crippen LogP contribution in [0, 0.1) is 0 Å². The highest BCUT2D eigenvalue weighted by Crippen LogP contribution is 2.48. The molecule has 1 atom stereocenters. The number of likely N-dealkylation sites (tertiary alicyclic amines) is 1. The molecule has 5 aromatic rings. The molecule has 8 rings (SSSR count). The molecular weight excluding hydrogens is 833 g/mol. The number of benzene rings is 2. The van der Waals surface area contributed by atoms with Crippen LogP contribution in [-0.2, 0) is 37.9 Å². The Morgan fingerprint density at radius 2 is 1.72 bits per heavy atom. The van der Waals surface area contributed by atoms with E-state index in [2.05, 4.69) is 20.4 Å². The summed E-state index contributed by atoms with van der Waals surface area (Å²) in [6.45, 7) is 3.35. The summed E-state index contributed by atoms with van der Waals surface area (Å²) in [6.07, 6.45) is -3.23. The number of nitrogens with zero attached hydrogens (tertiary/aromatic N) is 7. The third-order valence-electron chi connectivity index (χ3n) is 11.3. The molecule has 21 heteroatoms. The van der Waals surface area contributed by atoms with E-state index < -0.39 is 63.0 Å². The molecule has 6 heterocycles. The third-order valence-corrected chi connectivity index (χ3v) is 13.5. The van der Waals surface area contributed by atoms with Crippen molar-refractivity contribution in [2.24, 2.45) is 0 Å². The maximum Gasteiger partial charge on any atom is 0.416 e. The largest absolute Gasteiger partial charge is 0.505 e. The highest BCUT2D eigenvalue weighted by molar-refractivity contribution is 7.89. The Hall–Kier alpha value is -5.41. The van der Waals surface area contributed by atoms with Crippen LogP contribution in [0.3, 0.4) is 0 Å². The van der Waals surface area contributed by atoms with E-state index in [4.69, 9.17) is 16.3 Å². The van der Waals surface area contributed by atoms with E-state index in [1.54, 1.807) is 13.8 Å². The molecular formula is C39H38ClF3N8O8S. The zero-order valence-corrected chi connectivity index (χ0v) is 33.7. The minimum Gasteiger partial charge on any atom is -0.505 e. The van der Waals surface area contributed by atoms with Crippen molar-refractivity contribution in [2.75, 3.05) is 31.5 Å². The lowest BCUT2D eigenvalue weighted by Crippen LogP contribution is -2.47. The summed E-state index contributed by atoms with van der Waals surface area (Å²) in [5.74, 6) is -1.58. The Balaban J connectivity index is 1.16. The van der Waals surface area contributed by atoms with Gasteiger partial charge in [-0.05, 0) is 94.1 Å². The molecule has 2 fully saturated rings. The van der Waals surface area contributed by atoms with Gasteiger partial charge in [-0.3, -0.25) is 14.4 Å². The van der Waals surface area contributed by atoms with Crippen molar-refractivity contribution < 1.29 is 46.1 Å². The summed E-state index contributed by atoms with van der Waals surface area (Å²) >= 11 is 6.15. The fourth-order valence-corrected chi connectivity index (χ4v) is 9.73. The van der Waals surface area contributed by atoms with Gasteiger partial charge >= 0.3 is 6.18 Å². The van der Waals surface area contributed by atoms with Gasteiger partial charge in [-0.2, -0.15) is 27.0 Å². The van der Waals surface area contributed by atoms with Gasteiger partial charge in [0.25, 0.3) is 11.5 Å². The number of hydrogen-bond donors (Lipinski definition) is 3. The maximum absolute atomic E-state index is 14.6. The van der Waals surface area contributed by atoms with Gasteiger partial charge < -0.3 is 29.7 Å². The second kappa shape index (κ2) is 14.9. The molecule has 3 aliphatic rings. The van der Waals surface area contributed by atoms with Crippen LogP contribution in [0.2, 0.25) is 5.02 Å². The number of nitrogens with one attached hydrogen (secondary N) is 1. The molecule has 0 saturated carbocycles. The summed E-state index contributed by atoms with van der Waals surface area (Å²) in [6, 6.07) is 11.1. The molecule has 2 saturated heterocycles. The quantitative estimate of drug-likeness (QED) is 0.204. The molecule has 1 spiro atoms. The number of fused-ring (bicyclic) bond motifs is 3. The predicted octanol–water partition coefficient (Wildman–Crippen LogP) is 4.73. The molecule has 3 aliphatic heterocycles. The number of rotatable bonds is 7. The van der Waals surface area contributed by atoms with Crippen LogP contribution in [0.15, 0.2) is 70.5 Å². The number of aliphatic hydroxyl groups is 1. The molecule has 316 valence electrons. The Bertz CT molecular complexity index is 2710. The van der Waals surface area contributed by atoms with Crippen molar-refractivity contribution in [1.29, 1.82) is 0 Å². The van der Waals surface area contributed by atoms with Crippen LogP contribution < -0.4 is 10.9 Å². The number of aromatic hydroxyl groups is 1. The summed E-state index contributed by atoms with van der Waals surface area (Å²) in [4.78, 5) is 51.8. The van der Waals surface area contributed by atoms with Crippen molar-refractivity contribution in [1.82, 2.24) is 33.4 Å². The number of pyridine rings is 1. The number of sulfonamides is 1. The first-order valence-corrected chi connectivity index (χ1v) is 20.7. The third kappa shape index (κ3) is 7.39. The van der Waals surface area contributed by atoms with Crippen LogP contribution >= 0.6 is 11.6 Å². The fraction of sp³-hybridized carbons (Fsp3) is 0.385. The first kappa shape index (κ1) is 41.3. The number of carbonyl (C=O) groups is 2. The van der Waals surface area contributed by atoms with E-state index in [9.17, 15) is 46.2 Å². The van der Waals surface area contributed by atoms with Gasteiger partial charge in [0.05, 0.1) is 44.1 Å². The van der Waals surface area contributed by atoms with Crippen LogP contribution in [0.1, 0.15) is 72.9 Å². The molecule has 0 bridgehead atoms. The van der Waals surface area contributed by atoms with Gasteiger partial charge in [-0.25, -0.2) is 13.4 Å². The van der Waals surface area contributed by atoms with Gasteiger partial charge in [-0.1, -0.05) is 11.6 Å². The first-order chi connectivity index (χ1) is 28.3. The molecule has 2 amide bonds. The predicted molar refractivity (Wildman–Crippen MR) is 209 cm³/mol. The van der Waals surface area contributed by atoms with E-state index >= 15 is 0 Å². The molecule has 3 aromatic heterocycles. The van der Waals surface area contributed by atoms with Gasteiger partial charge in [0, 0.05) is 37.9 Å². The van der Waals surface area contributed by atoms with E-state index in [0.29, 0.717) is 17.3 Å². The summed E-state index contributed by atoms with van der Waals surface area (Å²) < 4.78 is 77.2. The highest BCUT2D eigenvalue weighted by Gasteiger charge is 2.51. The number of carbonyl (C=O) groups excluding carboxylic acids is 2. The van der Waals surface area contributed by atoms with Gasteiger partial charge in [0.1, 0.15) is 17.9 Å². The van der Waals surface area contributed by atoms with Gasteiger partial charge in [0.15, 0.2) is 11.5 Å². The summed E-state index contributed by atoms with van der Waals surface area (Å²) in [5.41, 5.74) is -3.22. The van der Waals surface area contributed by atoms with Crippen molar-refractivity contribution in [3.8, 4) is 17.1 Å². The number of anilines is 1. The number of amides is 2. The lowest BCUT2D eigenvalue weighted by Gasteiger charge is -2.39. The molecule has 0 aliphatic carbocycles. The average molecular weight is 871 g/mol. The zero-order chi connectivity index (χ0) is 42.9. The second-order valence-corrected chi connectivity index (χ2v) is 17.7. The van der Waals surface area contributed by atoms with E-state index in [1.807, 2.05) is 0 Å². The number of alkyl halides is 3. The minimum atomic E-state index is -4.67. The first-order valence-electron chi connectivity index (χ1n) is 18.9. The molecule has 0 unspecified atom stereocenters. The minimum absolute atomic E-state index is 0.00436. The second-order valence-electron chi connectivity index (χ2n) is 15.4. The number of aromatic nitrogens is 5. The molecule has 0 radical (unpaired) electrons. The van der Waals surface area contributed by atoms with Crippen LogP contribution in [-0.4, -0.2) is 95.6 Å².